The molecule has 1 aliphatic heterocycles. The van der Waals surface area contributed by atoms with Gasteiger partial charge in [0.05, 0.1) is 12.2 Å². The fourth-order valence-corrected chi connectivity index (χ4v) is 4.15. The van der Waals surface area contributed by atoms with Crippen molar-refractivity contribution in [3.63, 3.8) is 0 Å². The number of ether oxygens (including phenoxy) is 1. The first kappa shape index (κ1) is 22.8. The maximum atomic E-state index is 12.6. The Bertz CT molecular complexity index is 1090. The molecule has 1 aromatic heterocycles. The summed E-state index contributed by atoms with van der Waals surface area (Å²) in [6.07, 6.45) is 3.49. The van der Waals surface area contributed by atoms with Gasteiger partial charge in [-0.15, -0.1) is 0 Å². The Balaban J connectivity index is 1.35. The van der Waals surface area contributed by atoms with E-state index in [1.54, 1.807) is 38.2 Å². The Labute approximate surface area is 191 Å². The van der Waals surface area contributed by atoms with E-state index in [1.165, 1.54) is 9.25 Å². The third-order valence-electron chi connectivity index (χ3n) is 6.15. The molecule has 1 N–H and O–H groups in total. The number of benzene rings is 1. The number of nitrogens with zero attached hydrogens (tertiary/aromatic N) is 4. The summed E-state index contributed by atoms with van der Waals surface area (Å²) in [6.45, 7) is 3.14. The fourth-order valence-electron chi connectivity index (χ4n) is 4.15. The summed E-state index contributed by atoms with van der Waals surface area (Å²) >= 11 is 0. The maximum Gasteiger partial charge on any atom is 0.346 e. The first-order chi connectivity index (χ1) is 15.9. The molecule has 2 aliphatic rings. The van der Waals surface area contributed by atoms with Crippen LogP contribution in [0.5, 0.6) is 0 Å². The first-order valence-corrected chi connectivity index (χ1v) is 11.4. The molecular weight excluding hydrogens is 426 g/mol. The summed E-state index contributed by atoms with van der Waals surface area (Å²) in [7, 11) is 1.66. The van der Waals surface area contributed by atoms with E-state index in [1.807, 2.05) is 4.90 Å². The zero-order chi connectivity index (χ0) is 23.5. The quantitative estimate of drug-likeness (QED) is 0.633. The normalized spacial score (nSPS) is 16.5. The van der Waals surface area contributed by atoms with Crippen LogP contribution in [0, 0.1) is 5.92 Å². The van der Waals surface area contributed by atoms with Crippen molar-refractivity contribution in [3.05, 3.63) is 46.1 Å². The number of likely N-dealkylation sites (tertiary alicyclic amines) is 1. The summed E-state index contributed by atoms with van der Waals surface area (Å²) in [5.74, 6) is 0.363. The van der Waals surface area contributed by atoms with Gasteiger partial charge in [-0.05, 0) is 56.9 Å². The molecule has 1 saturated heterocycles. The van der Waals surface area contributed by atoms with Gasteiger partial charge in [-0.25, -0.2) is 14.3 Å². The summed E-state index contributed by atoms with van der Waals surface area (Å²) in [6, 6.07) is 6.35. The number of hydrogen-bond donors (Lipinski definition) is 1. The number of esters is 1. The number of rotatable bonds is 7. The van der Waals surface area contributed by atoms with E-state index >= 15 is 0 Å². The lowest BCUT2D eigenvalue weighted by Gasteiger charge is -2.31. The lowest BCUT2D eigenvalue weighted by molar-refractivity contribution is -0.133. The van der Waals surface area contributed by atoms with Crippen molar-refractivity contribution in [1.82, 2.24) is 19.2 Å². The van der Waals surface area contributed by atoms with Gasteiger partial charge in [0.15, 0.2) is 0 Å². The standard InChI is InChI=1S/C23H29N5O5/c1-3-33-22(31)17-6-8-18(9-7-17)24-19(29)14-28-23(32)26(2)20(25-28)15-10-12-27(13-11-15)21(30)16-4-5-16/h6-9,15-16H,3-5,10-14H2,1-2H3,(H,24,29). The molecule has 10 nitrogen and oxygen atoms in total. The largest absolute Gasteiger partial charge is 0.462 e. The van der Waals surface area contributed by atoms with Gasteiger partial charge in [0.25, 0.3) is 0 Å². The second-order valence-corrected chi connectivity index (χ2v) is 8.58. The molecule has 0 unspecified atom stereocenters. The van der Waals surface area contributed by atoms with E-state index in [0.717, 1.165) is 25.7 Å². The van der Waals surface area contributed by atoms with Gasteiger partial charge in [-0.3, -0.25) is 14.2 Å². The van der Waals surface area contributed by atoms with Gasteiger partial charge in [-0.2, -0.15) is 5.10 Å². The van der Waals surface area contributed by atoms with Gasteiger partial charge >= 0.3 is 11.7 Å². The monoisotopic (exact) mass is 455 g/mol. The average molecular weight is 456 g/mol. The zero-order valence-electron chi connectivity index (χ0n) is 19.0. The highest BCUT2D eigenvalue weighted by atomic mass is 16.5. The molecule has 2 fully saturated rings. The van der Waals surface area contributed by atoms with Crippen LogP contribution in [0.15, 0.2) is 29.1 Å². The molecule has 0 radical (unpaired) electrons. The van der Waals surface area contributed by atoms with Crippen molar-refractivity contribution < 1.29 is 19.1 Å². The molecule has 2 aromatic rings. The highest BCUT2D eigenvalue weighted by molar-refractivity contribution is 5.93. The van der Waals surface area contributed by atoms with Crippen LogP contribution in [0.25, 0.3) is 0 Å². The van der Waals surface area contributed by atoms with E-state index in [0.29, 0.717) is 30.2 Å². The Kier molecular flexibility index (Phi) is 6.62. The number of anilines is 1. The molecule has 2 amide bonds. The number of aromatic nitrogens is 3. The lowest BCUT2D eigenvalue weighted by Crippen LogP contribution is -2.39. The van der Waals surface area contributed by atoms with Gasteiger partial charge in [0.1, 0.15) is 12.4 Å². The number of nitrogens with one attached hydrogen (secondary N) is 1. The molecule has 2 heterocycles. The topological polar surface area (TPSA) is 116 Å². The Morgan fingerprint density at radius 1 is 1.09 bits per heavy atom. The lowest BCUT2D eigenvalue weighted by atomic mass is 9.95. The van der Waals surface area contributed by atoms with E-state index in [9.17, 15) is 19.2 Å². The summed E-state index contributed by atoms with van der Waals surface area (Å²) in [5.41, 5.74) is 0.546. The van der Waals surface area contributed by atoms with Crippen LogP contribution < -0.4 is 11.0 Å². The molecular formula is C23H29N5O5. The minimum Gasteiger partial charge on any atom is -0.462 e. The van der Waals surface area contributed by atoms with Crippen LogP contribution in [0.3, 0.4) is 0 Å². The van der Waals surface area contributed by atoms with Gasteiger partial charge in [-0.1, -0.05) is 0 Å². The first-order valence-electron chi connectivity index (χ1n) is 11.4. The molecule has 33 heavy (non-hydrogen) atoms. The molecule has 1 aliphatic carbocycles. The smallest absolute Gasteiger partial charge is 0.346 e. The van der Waals surface area contributed by atoms with Crippen LogP contribution in [0.2, 0.25) is 0 Å². The van der Waals surface area contributed by atoms with Crippen molar-refractivity contribution in [2.45, 2.75) is 45.1 Å². The molecule has 1 aromatic carbocycles. The second-order valence-electron chi connectivity index (χ2n) is 8.58. The van der Waals surface area contributed by atoms with Crippen molar-refractivity contribution >= 4 is 23.5 Å². The highest BCUT2D eigenvalue weighted by Gasteiger charge is 2.36. The maximum absolute atomic E-state index is 12.6. The number of carbonyl (C=O) groups excluding carboxylic acids is 3. The highest BCUT2D eigenvalue weighted by Crippen LogP contribution is 2.33. The summed E-state index contributed by atoms with van der Waals surface area (Å²) in [4.78, 5) is 51.0. The minimum atomic E-state index is -0.425. The van der Waals surface area contributed by atoms with Crippen LogP contribution >= 0.6 is 0 Å². The van der Waals surface area contributed by atoms with E-state index < -0.39 is 11.9 Å². The van der Waals surface area contributed by atoms with E-state index in [-0.39, 0.29) is 36.6 Å². The Morgan fingerprint density at radius 3 is 2.36 bits per heavy atom. The van der Waals surface area contributed by atoms with Gasteiger partial charge < -0.3 is 15.0 Å². The van der Waals surface area contributed by atoms with Crippen LogP contribution in [0.4, 0.5) is 5.69 Å². The average Bonchev–Trinajstić information content (AvgIpc) is 3.63. The molecule has 10 heteroatoms. The Morgan fingerprint density at radius 2 is 1.76 bits per heavy atom. The Hall–Kier alpha value is -3.43. The van der Waals surface area contributed by atoms with Gasteiger partial charge in [0, 0.05) is 37.7 Å². The predicted molar refractivity (Wildman–Crippen MR) is 120 cm³/mol. The van der Waals surface area contributed by atoms with Crippen LogP contribution in [-0.2, 0) is 27.9 Å². The van der Waals surface area contributed by atoms with Crippen molar-refractivity contribution in [2.24, 2.45) is 13.0 Å². The van der Waals surface area contributed by atoms with Crippen molar-refractivity contribution in [3.8, 4) is 0 Å². The predicted octanol–water partition coefficient (Wildman–Crippen LogP) is 1.51. The molecule has 0 bridgehead atoms. The number of piperidine rings is 1. The molecule has 4 rings (SSSR count). The third kappa shape index (κ3) is 5.15. The number of amides is 2. The second kappa shape index (κ2) is 9.60. The zero-order valence-corrected chi connectivity index (χ0v) is 19.0. The summed E-state index contributed by atoms with van der Waals surface area (Å²) < 4.78 is 7.60. The third-order valence-corrected chi connectivity index (χ3v) is 6.15. The van der Waals surface area contributed by atoms with Crippen molar-refractivity contribution in [1.29, 1.82) is 0 Å². The molecule has 0 atom stereocenters. The SMILES string of the molecule is CCOC(=O)c1ccc(NC(=O)Cn2nc(C3CCN(C(=O)C4CC4)CC3)n(C)c2=O)cc1. The van der Waals surface area contributed by atoms with Gasteiger partial charge in [0.2, 0.25) is 11.8 Å². The van der Waals surface area contributed by atoms with E-state index in [2.05, 4.69) is 10.4 Å². The van der Waals surface area contributed by atoms with Crippen LogP contribution in [-0.4, -0.2) is 56.7 Å². The fraction of sp³-hybridized carbons (Fsp3) is 0.522. The summed E-state index contributed by atoms with van der Waals surface area (Å²) in [5, 5.41) is 7.15. The number of carbonyl (C=O) groups is 3. The number of hydrogen-bond acceptors (Lipinski definition) is 6. The molecule has 1 saturated carbocycles. The molecule has 176 valence electrons. The minimum absolute atomic E-state index is 0.0747. The van der Waals surface area contributed by atoms with Crippen molar-refractivity contribution in [2.75, 3.05) is 25.0 Å². The van der Waals surface area contributed by atoms with E-state index in [4.69, 9.17) is 4.74 Å². The molecule has 0 spiro atoms. The van der Waals surface area contributed by atoms with Crippen LogP contribution in [0.1, 0.15) is 54.7 Å².